The topological polar surface area (TPSA) is 84.5 Å². The Balaban J connectivity index is 1.53. The Morgan fingerprint density at radius 3 is 2.27 bits per heavy atom. The molecule has 4 aromatic rings. The van der Waals surface area contributed by atoms with Gasteiger partial charge >= 0.3 is 0 Å². The fourth-order valence-corrected chi connectivity index (χ4v) is 4.07. The highest BCUT2D eigenvalue weighted by Gasteiger charge is 2.16. The highest BCUT2D eigenvalue weighted by Crippen LogP contribution is 2.21. The fourth-order valence-electron chi connectivity index (χ4n) is 3.44. The van der Waals surface area contributed by atoms with E-state index < -0.39 is 11.8 Å². The van der Waals surface area contributed by atoms with E-state index >= 15 is 0 Å². The number of amides is 2. The van der Waals surface area contributed by atoms with Gasteiger partial charge in [-0.05, 0) is 77.0 Å². The van der Waals surface area contributed by atoms with Crippen LogP contribution in [0, 0.1) is 0 Å². The molecule has 0 aliphatic heterocycles. The summed E-state index contributed by atoms with van der Waals surface area (Å²) in [5, 5.41) is 9.39. The Morgan fingerprint density at radius 2 is 1.57 bits per heavy atom. The minimum atomic E-state index is -0.522. The second-order valence-corrected chi connectivity index (χ2v) is 8.69. The third kappa shape index (κ3) is 6.90. The molecular formula is C30H24N2O4S. The van der Waals surface area contributed by atoms with Gasteiger partial charge in [-0.25, -0.2) is 0 Å². The number of thiophene rings is 1. The third-order valence-corrected chi connectivity index (χ3v) is 6.07. The highest BCUT2D eigenvalue weighted by atomic mass is 32.1. The van der Waals surface area contributed by atoms with Crippen LogP contribution in [0.1, 0.15) is 31.8 Å². The third-order valence-electron chi connectivity index (χ3n) is 5.37. The number of ketones is 1. The van der Waals surface area contributed by atoms with E-state index in [0.717, 1.165) is 5.56 Å². The average molecular weight is 509 g/mol. The van der Waals surface area contributed by atoms with Gasteiger partial charge in [-0.1, -0.05) is 42.5 Å². The highest BCUT2D eigenvalue weighted by molar-refractivity contribution is 7.08. The molecule has 1 aromatic heterocycles. The van der Waals surface area contributed by atoms with Crippen molar-refractivity contribution in [1.82, 2.24) is 5.32 Å². The summed E-state index contributed by atoms with van der Waals surface area (Å²) in [5.74, 6) is -0.530. The summed E-state index contributed by atoms with van der Waals surface area (Å²) in [6, 6.07) is 24.3. The van der Waals surface area contributed by atoms with Crippen LogP contribution in [0.25, 0.3) is 12.2 Å². The molecular weight excluding hydrogens is 484 g/mol. The van der Waals surface area contributed by atoms with Crippen LogP contribution in [-0.4, -0.2) is 24.7 Å². The van der Waals surface area contributed by atoms with Crippen LogP contribution >= 0.6 is 11.3 Å². The number of para-hydroxylation sites is 1. The Kier molecular flexibility index (Phi) is 8.41. The van der Waals surface area contributed by atoms with E-state index in [2.05, 4.69) is 10.6 Å². The van der Waals surface area contributed by atoms with Crippen LogP contribution in [0.4, 0.5) is 5.69 Å². The van der Waals surface area contributed by atoms with Crippen LogP contribution in [0.3, 0.4) is 0 Å². The first-order valence-corrected chi connectivity index (χ1v) is 12.3. The van der Waals surface area contributed by atoms with Gasteiger partial charge in [0.15, 0.2) is 5.78 Å². The molecule has 0 unspecified atom stereocenters. The van der Waals surface area contributed by atoms with Crippen molar-refractivity contribution in [1.29, 1.82) is 0 Å². The molecule has 0 aliphatic carbocycles. The summed E-state index contributed by atoms with van der Waals surface area (Å²) in [6.07, 6.45) is 4.84. The zero-order valence-electron chi connectivity index (χ0n) is 20.0. The zero-order chi connectivity index (χ0) is 26.0. The van der Waals surface area contributed by atoms with Crippen molar-refractivity contribution in [2.45, 2.75) is 0 Å². The van der Waals surface area contributed by atoms with Gasteiger partial charge in [-0.3, -0.25) is 14.4 Å². The largest absolute Gasteiger partial charge is 0.496 e. The van der Waals surface area contributed by atoms with Crippen LogP contribution < -0.4 is 15.4 Å². The van der Waals surface area contributed by atoms with Gasteiger partial charge in [0.25, 0.3) is 11.8 Å². The summed E-state index contributed by atoms with van der Waals surface area (Å²) in [6.45, 7) is 0. The van der Waals surface area contributed by atoms with Crippen molar-refractivity contribution in [2.24, 2.45) is 0 Å². The quantitative estimate of drug-likeness (QED) is 0.213. The Labute approximate surface area is 218 Å². The lowest BCUT2D eigenvalue weighted by atomic mass is 10.1. The summed E-state index contributed by atoms with van der Waals surface area (Å²) in [7, 11) is 1.54. The van der Waals surface area contributed by atoms with Crippen molar-refractivity contribution in [2.75, 3.05) is 12.4 Å². The molecule has 6 nitrogen and oxygen atoms in total. The maximum absolute atomic E-state index is 13.2. The molecule has 2 amide bonds. The summed E-state index contributed by atoms with van der Waals surface area (Å²) >= 11 is 1.56. The lowest BCUT2D eigenvalue weighted by molar-refractivity contribution is -0.113. The van der Waals surface area contributed by atoms with Crippen LogP contribution in [0.5, 0.6) is 5.75 Å². The van der Waals surface area contributed by atoms with Crippen LogP contribution in [-0.2, 0) is 4.79 Å². The van der Waals surface area contributed by atoms with E-state index in [0.29, 0.717) is 28.1 Å². The lowest BCUT2D eigenvalue weighted by Crippen LogP contribution is -2.30. The predicted molar refractivity (Wildman–Crippen MR) is 148 cm³/mol. The van der Waals surface area contributed by atoms with Crippen LogP contribution in [0.2, 0.25) is 0 Å². The predicted octanol–water partition coefficient (Wildman–Crippen LogP) is 6.06. The molecule has 0 spiro atoms. The molecule has 0 saturated carbocycles. The fraction of sp³-hybridized carbons (Fsp3) is 0.0333. The normalized spacial score (nSPS) is 11.2. The van der Waals surface area contributed by atoms with E-state index in [9.17, 15) is 14.4 Å². The SMILES string of the molecule is COc1ccccc1/C=C(\NC(=O)c1ccccc1)C(=O)Nc1ccc(C(=O)/C=C/c2ccsc2)cc1. The molecule has 184 valence electrons. The van der Waals surface area contributed by atoms with Gasteiger partial charge in [0.05, 0.1) is 7.11 Å². The number of allylic oxidation sites excluding steroid dienone is 1. The van der Waals surface area contributed by atoms with E-state index in [1.165, 1.54) is 13.2 Å². The van der Waals surface area contributed by atoms with Crippen LogP contribution in [0.15, 0.2) is 107 Å². The summed E-state index contributed by atoms with van der Waals surface area (Å²) in [5.41, 5.74) is 3.02. The second-order valence-electron chi connectivity index (χ2n) is 7.91. The number of rotatable bonds is 9. The zero-order valence-corrected chi connectivity index (χ0v) is 20.8. The van der Waals surface area contributed by atoms with Gasteiger partial charge in [-0.15, -0.1) is 0 Å². The van der Waals surface area contributed by atoms with E-state index in [1.54, 1.807) is 90.2 Å². The molecule has 37 heavy (non-hydrogen) atoms. The van der Waals surface area contributed by atoms with Crippen molar-refractivity contribution >= 4 is 46.8 Å². The number of hydrogen-bond donors (Lipinski definition) is 2. The van der Waals surface area contributed by atoms with Gasteiger partial charge in [0.2, 0.25) is 0 Å². The van der Waals surface area contributed by atoms with E-state index in [1.807, 2.05) is 29.0 Å². The Hall–Kier alpha value is -4.75. The molecule has 0 radical (unpaired) electrons. The number of nitrogens with one attached hydrogen (secondary N) is 2. The van der Waals surface area contributed by atoms with E-state index in [-0.39, 0.29) is 11.5 Å². The number of carbonyl (C=O) groups is 3. The molecule has 1 heterocycles. The Morgan fingerprint density at radius 1 is 0.838 bits per heavy atom. The molecule has 0 fully saturated rings. The second kappa shape index (κ2) is 12.3. The smallest absolute Gasteiger partial charge is 0.272 e. The number of anilines is 1. The monoisotopic (exact) mass is 508 g/mol. The van der Waals surface area contributed by atoms with E-state index in [4.69, 9.17) is 4.74 Å². The molecule has 2 N–H and O–H groups in total. The minimum Gasteiger partial charge on any atom is -0.496 e. The van der Waals surface area contributed by atoms with Gasteiger partial charge in [0, 0.05) is 22.4 Å². The maximum atomic E-state index is 13.2. The van der Waals surface area contributed by atoms with Gasteiger partial charge in [0.1, 0.15) is 11.4 Å². The molecule has 0 atom stereocenters. The number of carbonyl (C=O) groups excluding carboxylic acids is 3. The Bertz CT molecular complexity index is 1440. The average Bonchev–Trinajstić information content (AvgIpc) is 3.46. The summed E-state index contributed by atoms with van der Waals surface area (Å²) < 4.78 is 5.39. The van der Waals surface area contributed by atoms with Crippen molar-refractivity contribution in [3.05, 3.63) is 130 Å². The van der Waals surface area contributed by atoms with Crippen molar-refractivity contribution in [3.8, 4) is 5.75 Å². The molecule has 7 heteroatoms. The van der Waals surface area contributed by atoms with Crippen molar-refractivity contribution < 1.29 is 19.1 Å². The number of hydrogen-bond acceptors (Lipinski definition) is 5. The first kappa shape index (κ1) is 25.3. The number of ether oxygens (including phenoxy) is 1. The first-order chi connectivity index (χ1) is 18.0. The maximum Gasteiger partial charge on any atom is 0.272 e. The molecule has 3 aromatic carbocycles. The molecule has 4 rings (SSSR count). The van der Waals surface area contributed by atoms with Gasteiger partial charge < -0.3 is 15.4 Å². The number of benzene rings is 3. The summed E-state index contributed by atoms with van der Waals surface area (Å²) in [4.78, 5) is 38.5. The molecule has 0 aliphatic rings. The lowest BCUT2D eigenvalue weighted by Gasteiger charge is -2.12. The van der Waals surface area contributed by atoms with Crippen molar-refractivity contribution in [3.63, 3.8) is 0 Å². The molecule has 0 bridgehead atoms. The molecule has 0 saturated heterocycles. The minimum absolute atomic E-state index is 0.0391. The number of methoxy groups -OCH3 is 1. The van der Waals surface area contributed by atoms with Gasteiger partial charge in [-0.2, -0.15) is 11.3 Å². The standard InChI is InChI=1S/C30H24N2O4S/c1-36-28-10-6-5-9-24(28)19-26(32-29(34)23-7-3-2-4-8-23)30(35)31-25-14-12-22(13-15-25)27(33)16-11-21-17-18-37-20-21/h2-20H,1H3,(H,31,35)(H,32,34)/b16-11+,26-19-. The first-order valence-electron chi connectivity index (χ1n) is 11.4.